The fourth-order valence-corrected chi connectivity index (χ4v) is 5.90. The zero-order valence-corrected chi connectivity index (χ0v) is 19.3. The molecule has 0 radical (unpaired) electrons. The van der Waals surface area contributed by atoms with Crippen LogP contribution in [-0.4, -0.2) is 54.9 Å². The summed E-state index contributed by atoms with van der Waals surface area (Å²) in [6.07, 6.45) is 1.62. The lowest BCUT2D eigenvalue weighted by Crippen LogP contribution is -2.45. The van der Waals surface area contributed by atoms with Crippen molar-refractivity contribution in [1.82, 2.24) is 13.8 Å². The van der Waals surface area contributed by atoms with Crippen LogP contribution in [-0.2, 0) is 16.6 Å². The van der Waals surface area contributed by atoms with E-state index in [0.717, 1.165) is 49.1 Å². The maximum atomic E-state index is 13.1. The van der Waals surface area contributed by atoms with Crippen LogP contribution in [0.2, 0.25) is 5.02 Å². The molecule has 0 aliphatic carbocycles. The maximum absolute atomic E-state index is 13.1. The molecule has 1 aliphatic heterocycles. The predicted molar refractivity (Wildman–Crippen MR) is 121 cm³/mol. The zero-order valence-electron chi connectivity index (χ0n) is 16.2. The van der Waals surface area contributed by atoms with Crippen LogP contribution in [0.5, 0.6) is 0 Å². The molecule has 0 saturated carbocycles. The van der Waals surface area contributed by atoms with Crippen molar-refractivity contribution in [2.45, 2.75) is 18.4 Å². The van der Waals surface area contributed by atoms with Gasteiger partial charge in [0.1, 0.15) is 0 Å². The van der Waals surface area contributed by atoms with Gasteiger partial charge in [0.15, 0.2) is 0 Å². The van der Waals surface area contributed by atoms with E-state index >= 15 is 0 Å². The minimum atomic E-state index is -3.70. The van der Waals surface area contributed by atoms with Crippen molar-refractivity contribution in [3.63, 3.8) is 0 Å². The summed E-state index contributed by atoms with van der Waals surface area (Å²) < 4.78 is 28.3. The van der Waals surface area contributed by atoms with Gasteiger partial charge in [-0.2, -0.15) is 0 Å². The molecular formula is C21H23BrClN3O2S. The van der Waals surface area contributed by atoms with Crippen molar-refractivity contribution in [3.05, 3.63) is 63.7 Å². The Balaban J connectivity index is 1.63. The van der Waals surface area contributed by atoms with Gasteiger partial charge in [-0.3, -0.25) is 4.90 Å². The number of aromatic nitrogens is 1. The zero-order chi connectivity index (χ0) is 20.6. The van der Waals surface area contributed by atoms with Crippen LogP contribution in [0.25, 0.3) is 10.9 Å². The van der Waals surface area contributed by atoms with Gasteiger partial charge in [0.05, 0.1) is 10.4 Å². The van der Waals surface area contributed by atoms with E-state index in [-0.39, 0.29) is 4.90 Å². The molecule has 3 aromatic rings. The summed E-state index contributed by atoms with van der Waals surface area (Å²) in [5.41, 5.74) is 1.84. The van der Waals surface area contributed by atoms with Crippen LogP contribution in [0, 0.1) is 0 Å². The van der Waals surface area contributed by atoms with Gasteiger partial charge < -0.3 is 4.90 Å². The van der Waals surface area contributed by atoms with E-state index in [0.29, 0.717) is 10.5 Å². The second kappa shape index (κ2) is 8.40. The van der Waals surface area contributed by atoms with Crippen molar-refractivity contribution in [1.29, 1.82) is 0 Å². The highest BCUT2D eigenvalue weighted by molar-refractivity contribution is 9.10. The molecule has 1 saturated heterocycles. The normalized spacial score (nSPS) is 16.5. The summed E-state index contributed by atoms with van der Waals surface area (Å²) in [7, 11) is -3.70. The van der Waals surface area contributed by atoms with E-state index in [1.165, 1.54) is 21.7 Å². The molecule has 4 rings (SSSR count). The first kappa shape index (κ1) is 20.9. The molecule has 0 unspecified atom stereocenters. The van der Waals surface area contributed by atoms with Crippen LogP contribution in [0.3, 0.4) is 0 Å². The molecule has 154 valence electrons. The first-order valence-corrected chi connectivity index (χ1v) is 12.2. The number of hydrogen-bond donors (Lipinski definition) is 0. The summed E-state index contributed by atoms with van der Waals surface area (Å²) in [5, 5.41) is 1.40. The van der Waals surface area contributed by atoms with E-state index in [9.17, 15) is 8.42 Å². The predicted octanol–water partition coefficient (Wildman–Crippen LogP) is 4.43. The summed E-state index contributed by atoms with van der Waals surface area (Å²) >= 11 is 9.45. The average molecular weight is 497 g/mol. The van der Waals surface area contributed by atoms with E-state index in [1.807, 2.05) is 12.1 Å². The fraction of sp³-hybridized carbons (Fsp3) is 0.333. The van der Waals surface area contributed by atoms with Gasteiger partial charge in [-0.05, 0) is 64.4 Å². The summed E-state index contributed by atoms with van der Waals surface area (Å²) in [6.45, 7) is 8.47. The van der Waals surface area contributed by atoms with Crippen LogP contribution < -0.4 is 0 Å². The second-order valence-corrected chi connectivity index (χ2v) is 10.4. The van der Waals surface area contributed by atoms with Gasteiger partial charge in [0.2, 0.25) is 0 Å². The number of fused-ring (bicyclic) bond motifs is 1. The Kier molecular flexibility index (Phi) is 6.04. The number of rotatable bonds is 5. The lowest BCUT2D eigenvalue weighted by molar-refractivity contribution is 0.132. The van der Waals surface area contributed by atoms with E-state index in [2.05, 4.69) is 38.7 Å². The van der Waals surface area contributed by atoms with Crippen LogP contribution in [0.15, 0.2) is 58.0 Å². The molecule has 29 heavy (non-hydrogen) atoms. The third-order valence-corrected chi connectivity index (χ3v) is 8.05. The molecular weight excluding hydrogens is 474 g/mol. The number of hydrogen-bond acceptors (Lipinski definition) is 4. The molecule has 1 aromatic heterocycles. The first-order valence-electron chi connectivity index (χ1n) is 9.64. The lowest BCUT2D eigenvalue weighted by atomic mass is 10.1. The molecule has 1 fully saturated rings. The Morgan fingerprint density at radius 3 is 2.31 bits per heavy atom. The largest absolute Gasteiger partial charge is 0.301 e. The van der Waals surface area contributed by atoms with Crippen molar-refractivity contribution >= 4 is 48.5 Å². The monoisotopic (exact) mass is 495 g/mol. The van der Waals surface area contributed by atoms with Crippen molar-refractivity contribution in [2.24, 2.45) is 0 Å². The molecule has 0 bridgehead atoms. The van der Waals surface area contributed by atoms with Crippen LogP contribution in [0.4, 0.5) is 0 Å². The van der Waals surface area contributed by atoms with Crippen LogP contribution >= 0.6 is 27.5 Å². The average Bonchev–Trinajstić information content (AvgIpc) is 3.06. The number of piperazine rings is 1. The Bertz CT molecular complexity index is 1120. The van der Waals surface area contributed by atoms with Gasteiger partial charge >= 0.3 is 0 Å². The molecule has 5 nitrogen and oxygen atoms in total. The van der Waals surface area contributed by atoms with Crippen LogP contribution in [0.1, 0.15) is 12.5 Å². The molecule has 2 aromatic carbocycles. The highest BCUT2D eigenvalue weighted by atomic mass is 79.9. The van der Waals surface area contributed by atoms with Gasteiger partial charge in [-0.1, -0.05) is 24.6 Å². The second-order valence-electron chi connectivity index (χ2n) is 7.29. The Morgan fingerprint density at radius 1 is 1.00 bits per heavy atom. The maximum Gasteiger partial charge on any atom is 0.268 e. The minimum Gasteiger partial charge on any atom is -0.301 e. The van der Waals surface area contributed by atoms with Gasteiger partial charge in [-0.25, -0.2) is 12.4 Å². The topological polar surface area (TPSA) is 45.5 Å². The lowest BCUT2D eigenvalue weighted by Gasteiger charge is -2.34. The van der Waals surface area contributed by atoms with Crippen molar-refractivity contribution in [2.75, 3.05) is 32.7 Å². The Labute approximate surface area is 185 Å². The van der Waals surface area contributed by atoms with E-state index in [1.54, 1.807) is 18.3 Å². The van der Waals surface area contributed by atoms with Crippen molar-refractivity contribution in [3.8, 4) is 0 Å². The molecule has 8 heteroatoms. The number of likely N-dealkylation sites (N-methyl/N-ethyl adjacent to an activating group) is 1. The third kappa shape index (κ3) is 4.25. The quantitative estimate of drug-likeness (QED) is 0.524. The highest BCUT2D eigenvalue weighted by Gasteiger charge is 2.21. The summed E-state index contributed by atoms with van der Waals surface area (Å²) in [5.74, 6) is 0. The summed E-state index contributed by atoms with van der Waals surface area (Å²) in [4.78, 5) is 5.12. The van der Waals surface area contributed by atoms with E-state index in [4.69, 9.17) is 11.6 Å². The number of benzene rings is 2. The minimum absolute atomic E-state index is 0.212. The molecule has 0 amide bonds. The molecule has 0 atom stereocenters. The SMILES string of the molecule is CCN1CCN(Cc2ccc3c(c2)c(Br)cn3S(=O)(=O)c2ccc(Cl)cc2)CC1. The molecule has 0 spiro atoms. The standard InChI is InChI=1S/C21H23BrClN3O2S/c1-2-24-9-11-25(12-10-24)14-16-3-8-21-19(13-16)20(22)15-26(21)29(27,28)18-6-4-17(23)5-7-18/h3-8,13,15H,2,9-12,14H2,1H3. The third-order valence-electron chi connectivity index (χ3n) is 5.48. The number of nitrogens with zero attached hydrogens (tertiary/aromatic N) is 3. The summed E-state index contributed by atoms with van der Waals surface area (Å²) in [6, 6.07) is 12.2. The Hall–Kier alpha value is -1.38. The van der Waals surface area contributed by atoms with Gasteiger partial charge in [0, 0.05) is 53.8 Å². The number of halogens is 2. The highest BCUT2D eigenvalue weighted by Crippen LogP contribution is 2.31. The van der Waals surface area contributed by atoms with Gasteiger partial charge in [0.25, 0.3) is 10.0 Å². The van der Waals surface area contributed by atoms with E-state index < -0.39 is 10.0 Å². The molecule has 1 aliphatic rings. The molecule has 2 heterocycles. The Morgan fingerprint density at radius 2 is 1.66 bits per heavy atom. The first-order chi connectivity index (χ1) is 13.9. The van der Waals surface area contributed by atoms with Crippen molar-refractivity contribution < 1.29 is 8.42 Å². The smallest absolute Gasteiger partial charge is 0.268 e. The molecule has 0 N–H and O–H groups in total. The van der Waals surface area contributed by atoms with Gasteiger partial charge in [-0.15, -0.1) is 0 Å². The fourth-order valence-electron chi connectivity index (χ4n) is 3.75.